The summed E-state index contributed by atoms with van der Waals surface area (Å²) in [5.74, 6) is 2.13. The zero-order chi connectivity index (χ0) is 20.9. The third kappa shape index (κ3) is 5.09. The Balaban J connectivity index is 1.67. The minimum absolute atomic E-state index is 0.587. The predicted molar refractivity (Wildman–Crippen MR) is 122 cm³/mol. The number of rotatable bonds is 6. The third-order valence-corrected chi connectivity index (χ3v) is 5.05. The van der Waals surface area contributed by atoms with Crippen LogP contribution >= 0.6 is 0 Å². The van der Waals surface area contributed by atoms with Gasteiger partial charge < -0.3 is 5.32 Å². The van der Waals surface area contributed by atoms with E-state index >= 15 is 0 Å². The van der Waals surface area contributed by atoms with Gasteiger partial charge in [-0.3, -0.25) is 0 Å². The van der Waals surface area contributed by atoms with E-state index in [4.69, 9.17) is 15.0 Å². The summed E-state index contributed by atoms with van der Waals surface area (Å²) in [5, 5.41) is 3.38. The molecule has 0 saturated heterocycles. The molecule has 3 aromatic carbocycles. The van der Waals surface area contributed by atoms with Gasteiger partial charge in [0.1, 0.15) is 11.6 Å². The van der Waals surface area contributed by atoms with Crippen LogP contribution in [-0.4, -0.2) is 15.0 Å². The van der Waals surface area contributed by atoms with E-state index in [0.717, 1.165) is 22.9 Å². The Morgan fingerprint density at radius 3 is 2.03 bits per heavy atom. The number of hydrogen-bond donors (Lipinski definition) is 1. The molecule has 0 aliphatic heterocycles. The number of aromatic nitrogens is 3. The summed E-state index contributed by atoms with van der Waals surface area (Å²) in [4.78, 5) is 14.2. The molecule has 1 aromatic heterocycles. The number of nitrogens with one attached hydrogen (secondary N) is 1. The van der Waals surface area contributed by atoms with Crippen LogP contribution in [0.4, 0.5) is 11.6 Å². The highest BCUT2D eigenvalue weighted by Crippen LogP contribution is 2.19. The van der Waals surface area contributed by atoms with Crippen molar-refractivity contribution in [2.45, 2.75) is 33.6 Å². The van der Waals surface area contributed by atoms with Crippen molar-refractivity contribution in [1.29, 1.82) is 0 Å². The van der Waals surface area contributed by atoms with Crippen molar-refractivity contribution in [3.05, 3.63) is 112 Å². The summed E-state index contributed by atoms with van der Waals surface area (Å²) in [6, 6.07) is 25.1. The van der Waals surface area contributed by atoms with Gasteiger partial charge in [-0.1, -0.05) is 77.9 Å². The molecule has 1 heterocycles. The number of hydrogen-bond acceptors (Lipinski definition) is 4. The largest absolute Gasteiger partial charge is 0.324 e. The maximum atomic E-state index is 4.78. The van der Waals surface area contributed by atoms with E-state index in [9.17, 15) is 0 Å². The van der Waals surface area contributed by atoms with Crippen LogP contribution in [0.2, 0.25) is 0 Å². The van der Waals surface area contributed by atoms with Crippen LogP contribution in [0.3, 0.4) is 0 Å². The van der Waals surface area contributed by atoms with Crippen LogP contribution in [0, 0.1) is 20.8 Å². The zero-order valence-electron chi connectivity index (χ0n) is 17.7. The molecule has 1 N–H and O–H groups in total. The molecule has 0 aliphatic carbocycles. The number of nitrogens with zero attached hydrogens (tertiary/aromatic N) is 3. The second-order valence-corrected chi connectivity index (χ2v) is 7.76. The van der Waals surface area contributed by atoms with E-state index in [-0.39, 0.29) is 0 Å². The van der Waals surface area contributed by atoms with Crippen LogP contribution in [0.5, 0.6) is 0 Å². The highest BCUT2D eigenvalue weighted by atomic mass is 15.2. The van der Waals surface area contributed by atoms with Gasteiger partial charge in [-0.05, 0) is 43.5 Å². The Morgan fingerprint density at radius 1 is 0.633 bits per heavy atom. The van der Waals surface area contributed by atoms with Gasteiger partial charge in [0.2, 0.25) is 5.95 Å². The summed E-state index contributed by atoms with van der Waals surface area (Å²) in [6.45, 7) is 6.27. The summed E-state index contributed by atoms with van der Waals surface area (Å²) >= 11 is 0. The van der Waals surface area contributed by atoms with Gasteiger partial charge in [-0.15, -0.1) is 0 Å². The lowest BCUT2D eigenvalue weighted by Gasteiger charge is -2.11. The Labute approximate surface area is 178 Å². The maximum absolute atomic E-state index is 4.78. The topological polar surface area (TPSA) is 50.7 Å². The van der Waals surface area contributed by atoms with Gasteiger partial charge in [0.15, 0.2) is 0 Å². The lowest BCUT2D eigenvalue weighted by atomic mass is 10.1. The number of benzene rings is 3. The van der Waals surface area contributed by atoms with E-state index in [0.29, 0.717) is 18.8 Å². The van der Waals surface area contributed by atoms with Crippen LogP contribution < -0.4 is 5.32 Å². The molecule has 0 bridgehead atoms. The predicted octanol–water partition coefficient (Wildman–Crippen LogP) is 5.72. The molecular weight excluding hydrogens is 368 g/mol. The van der Waals surface area contributed by atoms with E-state index in [1.807, 2.05) is 18.2 Å². The summed E-state index contributed by atoms with van der Waals surface area (Å²) in [6.07, 6.45) is 1.35. The number of anilines is 2. The SMILES string of the molecule is Cc1ccc(Cc2nc(Cc3cccc(C)c3)nc(Nc3ccccc3C)n2)cc1. The van der Waals surface area contributed by atoms with E-state index < -0.39 is 0 Å². The first kappa shape index (κ1) is 19.8. The first-order valence-corrected chi connectivity index (χ1v) is 10.2. The molecule has 0 amide bonds. The third-order valence-electron chi connectivity index (χ3n) is 5.05. The average molecular weight is 395 g/mol. The quantitative estimate of drug-likeness (QED) is 0.454. The molecule has 4 aromatic rings. The first-order valence-electron chi connectivity index (χ1n) is 10.2. The smallest absolute Gasteiger partial charge is 0.230 e. The Bertz CT molecular complexity index is 1150. The average Bonchev–Trinajstić information content (AvgIpc) is 2.71. The molecule has 0 fully saturated rings. The molecule has 30 heavy (non-hydrogen) atoms. The van der Waals surface area contributed by atoms with Gasteiger partial charge >= 0.3 is 0 Å². The maximum Gasteiger partial charge on any atom is 0.230 e. The minimum atomic E-state index is 0.587. The van der Waals surface area contributed by atoms with Gasteiger partial charge in [0, 0.05) is 18.5 Å². The van der Waals surface area contributed by atoms with Crippen molar-refractivity contribution in [3.63, 3.8) is 0 Å². The van der Waals surface area contributed by atoms with Crippen LogP contribution in [0.1, 0.15) is 39.5 Å². The standard InChI is InChI=1S/C26H26N4/c1-18-11-13-21(14-12-18)16-24-28-25(17-22-9-6-7-19(2)15-22)30-26(29-24)27-23-10-5-4-8-20(23)3/h4-15H,16-17H2,1-3H3,(H,27,28,29,30). The fourth-order valence-corrected chi connectivity index (χ4v) is 3.41. The minimum Gasteiger partial charge on any atom is -0.324 e. The highest BCUT2D eigenvalue weighted by molar-refractivity contribution is 5.57. The van der Waals surface area contributed by atoms with Crippen LogP contribution in [-0.2, 0) is 12.8 Å². The number of aryl methyl sites for hydroxylation is 3. The molecule has 150 valence electrons. The molecule has 0 saturated carbocycles. The van der Waals surface area contributed by atoms with Gasteiger partial charge in [-0.2, -0.15) is 9.97 Å². The fraction of sp³-hybridized carbons (Fsp3) is 0.192. The van der Waals surface area contributed by atoms with Gasteiger partial charge in [0.25, 0.3) is 0 Å². The first-order chi connectivity index (χ1) is 14.5. The normalized spacial score (nSPS) is 10.8. The van der Waals surface area contributed by atoms with Crippen molar-refractivity contribution in [1.82, 2.24) is 15.0 Å². The van der Waals surface area contributed by atoms with Crippen molar-refractivity contribution >= 4 is 11.6 Å². The lowest BCUT2D eigenvalue weighted by molar-refractivity contribution is 0.855. The fourth-order valence-electron chi connectivity index (χ4n) is 3.41. The van der Waals surface area contributed by atoms with Crippen molar-refractivity contribution < 1.29 is 0 Å². The molecule has 0 atom stereocenters. The Hall–Kier alpha value is -3.53. The van der Waals surface area contributed by atoms with Crippen molar-refractivity contribution in [3.8, 4) is 0 Å². The molecule has 0 aliphatic rings. The van der Waals surface area contributed by atoms with Crippen molar-refractivity contribution in [2.24, 2.45) is 0 Å². The molecule has 0 spiro atoms. The molecule has 0 unspecified atom stereocenters. The Morgan fingerprint density at radius 2 is 1.33 bits per heavy atom. The van der Waals surface area contributed by atoms with E-state index in [2.05, 4.69) is 80.7 Å². The van der Waals surface area contributed by atoms with Gasteiger partial charge in [0.05, 0.1) is 0 Å². The number of para-hydroxylation sites is 1. The monoisotopic (exact) mass is 394 g/mol. The molecule has 0 radical (unpaired) electrons. The Kier molecular flexibility index (Phi) is 5.84. The molecule has 4 heteroatoms. The zero-order valence-corrected chi connectivity index (χ0v) is 17.7. The molecule has 4 nitrogen and oxygen atoms in total. The second-order valence-electron chi connectivity index (χ2n) is 7.76. The van der Waals surface area contributed by atoms with E-state index in [1.165, 1.54) is 22.3 Å². The highest BCUT2D eigenvalue weighted by Gasteiger charge is 2.10. The molecule has 4 rings (SSSR count). The van der Waals surface area contributed by atoms with E-state index in [1.54, 1.807) is 0 Å². The summed E-state index contributed by atoms with van der Waals surface area (Å²) < 4.78 is 0. The summed E-state index contributed by atoms with van der Waals surface area (Å²) in [5.41, 5.74) is 7.03. The summed E-state index contributed by atoms with van der Waals surface area (Å²) in [7, 11) is 0. The van der Waals surface area contributed by atoms with Gasteiger partial charge in [-0.25, -0.2) is 4.98 Å². The molecular formula is C26H26N4. The second kappa shape index (κ2) is 8.87. The van der Waals surface area contributed by atoms with Crippen LogP contribution in [0.15, 0.2) is 72.8 Å². The lowest BCUT2D eigenvalue weighted by Crippen LogP contribution is -2.09. The van der Waals surface area contributed by atoms with Crippen molar-refractivity contribution in [2.75, 3.05) is 5.32 Å². The van der Waals surface area contributed by atoms with Crippen LogP contribution in [0.25, 0.3) is 0 Å².